The van der Waals surface area contributed by atoms with Gasteiger partial charge in [0.05, 0.1) is 6.21 Å². The maximum atomic E-state index is 12.0. The number of halogens is 1. The van der Waals surface area contributed by atoms with Crippen molar-refractivity contribution in [2.75, 3.05) is 5.73 Å². The van der Waals surface area contributed by atoms with Crippen molar-refractivity contribution >= 4 is 40.4 Å². The zero-order valence-electron chi connectivity index (χ0n) is 14.5. The zero-order chi connectivity index (χ0) is 19.5. The first-order valence-electron chi connectivity index (χ1n) is 8.36. The molecule has 8 nitrogen and oxygen atoms in total. The molecule has 0 aliphatic heterocycles. The molecule has 3 N–H and O–H groups in total. The number of carbonyl (C=O) groups excluding carboxylic acids is 1. The lowest BCUT2D eigenvalue weighted by Gasteiger charge is -2.07. The zero-order valence-corrected chi connectivity index (χ0v) is 15.3. The number of nitrogens with two attached hydrogens (primary N) is 1. The van der Waals surface area contributed by atoms with Crippen LogP contribution in [-0.2, 0) is 6.54 Å². The van der Waals surface area contributed by atoms with Gasteiger partial charge in [-0.1, -0.05) is 48.0 Å². The van der Waals surface area contributed by atoms with Gasteiger partial charge in [0.15, 0.2) is 0 Å². The summed E-state index contributed by atoms with van der Waals surface area (Å²) in [6.45, 7) is 0.613. The number of hydrogen-bond acceptors (Lipinski definition) is 6. The van der Waals surface area contributed by atoms with Gasteiger partial charge < -0.3 is 10.3 Å². The second-order valence-corrected chi connectivity index (χ2v) is 6.43. The molecule has 28 heavy (non-hydrogen) atoms. The van der Waals surface area contributed by atoms with E-state index >= 15 is 0 Å². The Morgan fingerprint density at radius 1 is 1.21 bits per heavy atom. The molecule has 0 atom stereocenters. The highest BCUT2D eigenvalue weighted by molar-refractivity contribution is 6.31. The SMILES string of the molecule is Nc1nonc1C(=O)N/N=C\c1cn(Cc2ccccc2Cl)c2ccccc12. The quantitative estimate of drug-likeness (QED) is 0.399. The van der Waals surface area contributed by atoms with Crippen LogP contribution in [0.1, 0.15) is 21.6 Å². The van der Waals surface area contributed by atoms with E-state index in [2.05, 4.69) is 30.0 Å². The van der Waals surface area contributed by atoms with Crippen molar-refractivity contribution in [2.45, 2.75) is 6.54 Å². The second kappa shape index (κ2) is 7.53. The number of nitrogens with one attached hydrogen (secondary N) is 1. The molecule has 2 aromatic carbocycles. The number of anilines is 1. The molecule has 0 unspecified atom stereocenters. The number of fused-ring (bicyclic) bond motifs is 1. The fourth-order valence-electron chi connectivity index (χ4n) is 2.89. The van der Waals surface area contributed by atoms with Crippen molar-refractivity contribution < 1.29 is 9.42 Å². The van der Waals surface area contributed by atoms with Gasteiger partial charge in [0.25, 0.3) is 5.91 Å². The van der Waals surface area contributed by atoms with Gasteiger partial charge in [-0.05, 0) is 28.0 Å². The molecular formula is C19H15ClN6O2. The van der Waals surface area contributed by atoms with Crippen molar-refractivity contribution in [1.29, 1.82) is 0 Å². The van der Waals surface area contributed by atoms with Gasteiger partial charge in [-0.25, -0.2) is 10.1 Å². The van der Waals surface area contributed by atoms with Crippen LogP contribution in [0.3, 0.4) is 0 Å². The normalized spacial score (nSPS) is 11.3. The van der Waals surface area contributed by atoms with Crippen LogP contribution in [0.5, 0.6) is 0 Å². The second-order valence-electron chi connectivity index (χ2n) is 6.02. The number of benzene rings is 2. The number of carbonyl (C=O) groups is 1. The number of nitrogen functional groups attached to an aromatic ring is 1. The van der Waals surface area contributed by atoms with Crippen LogP contribution in [0.2, 0.25) is 5.02 Å². The summed E-state index contributed by atoms with van der Waals surface area (Å²) in [4.78, 5) is 12.0. The summed E-state index contributed by atoms with van der Waals surface area (Å²) in [5, 5.41) is 12.5. The van der Waals surface area contributed by atoms with E-state index in [-0.39, 0.29) is 11.5 Å². The predicted molar refractivity (Wildman–Crippen MR) is 106 cm³/mol. The van der Waals surface area contributed by atoms with E-state index in [1.165, 1.54) is 0 Å². The number of nitrogens with zero attached hydrogens (tertiary/aromatic N) is 4. The molecule has 2 heterocycles. The van der Waals surface area contributed by atoms with Crippen molar-refractivity contribution in [3.05, 3.63) is 76.6 Å². The summed E-state index contributed by atoms with van der Waals surface area (Å²) in [7, 11) is 0. The van der Waals surface area contributed by atoms with Gasteiger partial charge in [0, 0.05) is 34.2 Å². The van der Waals surface area contributed by atoms with Crippen LogP contribution in [0.4, 0.5) is 5.82 Å². The summed E-state index contributed by atoms with van der Waals surface area (Å²) in [6.07, 6.45) is 3.52. The number of rotatable bonds is 5. The minimum absolute atomic E-state index is 0.0935. The predicted octanol–water partition coefficient (Wildman–Crippen LogP) is 3.07. The third-order valence-corrected chi connectivity index (χ3v) is 4.59. The van der Waals surface area contributed by atoms with Crippen LogP contribution in [0, 0.1) is 0 Å². The first-order valence-corrected chi connectivity index (χ1v) is 8.74. The van der Waals surface area contributed by atoms with Gasteiger partial charge in [-0.3, -0.25) is 4.79 Å². The number of hydrogen-bond donors (Lipinski definition) is 2. The summed E-state index contributed by atoms with van der Waals surface area (Å²) in [6, 6.07) is 15.6. The largest absolute Gasteiger partial charge is 0.379 e. The van der Waals surface area contributed by atoms with E-state index in [0.29, 0.717) is 11.6 Å². The Labute approximate surface area is 164 Å². The molecule has 0 aliphatic rings. The minimum atomic E-state index is -0.602. The van der Waals surface area contributed by atoms with Gasteiger partial charge >= 0.3 is 0 Å². The number of amides is 1. The van der Waals surface area contributed by atoms with Crippen LogP contribution >= 0.6 is 11.6 Å². The first kappa shape index (κ1) is 17.7. The number of aromatic nitrogens is 3. The fourth-order valence-corrected chi connectivity index (χ4v) is 3.08. The molecule has 0 saturated heterocycles. The highest BCUT2D eigenvalue weighted by Crippen LogP contribution is 2.23. The van der Waals surface area contributed by atoms with E-state index in [9.17, 15) is 4.79 Å². The Morgan fingerprint density at radius 3 is 2.79 bits per heavy atom. The Balaban J connectivity index is 1.60. The van der Waals surface area contributed by atoms with Crippen LogP contribution in [0.25, 0.3) is 10.9 Å². The van der Waals surface area contributed by atoms with E-state index in [4.69, 9.17) is 17.3 Å². The third kappa shape index (κ3) is 3.45. The average Bonchev–Trinajstić information content (AvgIpc) is 3.28. The molecular weight excluding hydrogens is 380 g/mol. The molecule has 4 aromatic rings. The lowest BCUT2D eigenvalue weighted by atomic mass is 10.2. The summed E-state index contributed by atoms with van der Waals surface area (Å²) >= 11 is 6.30. The Kier molecular flexibility index (Phi) is 4.77. The molecule has 9 heteroatoms. The molecule has 0 spiro atoms. The topological polar surface area (TPSA) is 111 Å². The van der Waals surface area contributed by atoms with Crippen molar-refractivity contribution in [3.8, 4) is 0 Å². The van der Waals surface area contributed by atoms with Crippen molar-refractivity contribution in [3.63, 3.8) is 0 Å². The molecule has 0 radical (unpaired) electrons. The molecule has 0 saturated carbocycles. The first-order chi connectivity index (χ1) is 13.6. The van der Waals surface area contributed by atoms with E-state index < -0.39 is 5.91 Å². The number of para-hydroxylation sites is 1. The molecule has 0 fully saturated rings. The molecule has 4 rings (SSSR count). The summed E-state index contributed by atoms with van der Waals surface area (Å²) < 4.78 is 6.49. The highest BCUT2D eigenvalue weighted by atomic mass is 35.5. The minimum Gasteiger partial charge on any atom is -0.379 e. The van der Waals surface area contributed by atoms with Crippen molar-refractivity contribution in [1.82, 2.24) is 20.3 Å². The van der Waals surface area contributed by atoms with Gasteiger partial charge in [-0.2, -0.15) is 5.10 Å². The molecule has 1 amide bonds. The van der Waals surface area contributed by atoms with Crippen LogP contribution < -0.4 is 11.2 Å². The van der Waals surface area contributed by atoms with Gasteiger partial charge in [-0.15, -0.1) is 0 Å². The molecule has 0 bridgehead atoms. The smallest absolute Gasteiger partial charge is 0.297 e. The fraction of sp³-hybridized carbons (Fsp3) is 0.0526. The average molecular weight is 395 g/mol. The van der Waals surface area contributed by atoms with Gasteiger partial charge in [0.1, 0.15) is 0 Å². The Morgan fingerprint density at radius 2 is 2.00 bits per heavy atom. The van der Waals surface area contributed by atoms with Gasteiger partial charge in [0.2, 0.25) is 11.5 Å². The summed E-state index contributed by atoms with van der Waals surface area (Å²) in [5.41, 5.74) is 10.6. The lowest BCUT2D eigenvalue weighted by Crippen LogP contribution is -2.19. The van der Waals surface area contributed by atoms with E-state index in [1.807, 2.05) is 54.7 Å². The monoisotopic (exact) mass is 394 g/mol. The number of hydrazone groups is 1. The van der Waals surface area contributed by atoms with Crippen molar-refractivity contribution in [2.24, 2.45) is 5.10 Å². The van der Waals surface area contributed by atoms with E-state index in [1.54, 1.807) is 6.21 Å². The molecule has 2 aromatic heterocycles. The standard InChI is InChI=1S/C19H15ClN6O2/c20-15-7-3-1-5-12(15)10-26-11-13(14-6-2-4-8-16(14)26)9-22-23-19(27)17-18(21)25-28-24-17/h1-9,11H,10H2,(H2,21,25)(H,23,27)/b22-9-. The molecule has 140 valence electrons. The third-order valence-electron chi connectivity index (χ3n) is 4.22. The van der Waals surface area contributed by atoms with Crippen LogP contribution in [0.15, 0.2) is 64.5 Å². The highest BCUT2D eigenvalue weighted by Gasteiger charge is 2.15. The lowest BCUT2D eigenvalue weighted by molar-refractivity contribution is 0.0946. The Bertz CT molecular complexity index is 1180. The maximum Gasteiger partial charge on any atom is 0.297 e. The van der Waals surface area contributed by atoms with E-state index in [0.717, 1.165) is 22.0 Å². The Hall–Kier alpha value is -3.65. The molecule has 0 aliphatic carbocycles. The van der Waals surface area contributed by atoms with Crippen LogP contribution in [-0.4, -0.2) is 27.0 Å². The summed E-state index contributed by atoms with van der Waals surface area (Å²) in [5.74, 6) is -0.696. The maximum absolute atomic E-state index is 12.0.